The summed E-state index contributed by atoms with van der Waals surface area (Å²) in [4.78, 5) is 26.9. The van der Waals surface area contributed by atoms with E-state index in [1.165, 1.54) is 30.3 Å². The number of carbonyl (C=O) groups excluding carboxylic acids is 2. The highest BCUT2D eigenvalue weighted by atomic mass is 16.7. The first-order valence-electron chi connectivity index (χ1n) is 16.3. The number of ether oxygens (including phenoxy) is 6. The van der Waals surface area contributed by atoms with Gasteiger partial charge in [0.25, 0.3) is 0 Å². The summed E-state index contributed by atoms with van der Waals surface area (Å²) in [5, 5.41) is 114. The van der Waals surface area contributed by atoms with E-state index in [9.17, 15) is 65.8 Å². The number of ketones is 2. The Kier molecular flexibility index (Phi) is 11.3. The third-order valence-electron chi connectivity index (χ3n) is 9.53. The lowest BCUT2D eigenvalue weighted by Gasteiger charge is -2.46. The fourth-order valence-electron chi connectivity index (χ4n) is 6.66. The van der Waals surface area contributed by atoms with Crippen molar-refractivity contribution in [1.82, 2.24) is 0 Å². The van der Waals surface area contributed by atoms with Crippen molar-refractivity contribution in [3.63, 3.8) is 0 Å². The molecule has 15 atom stereocenters. The first kappa shape index (κ1) is 38.5. The first-order valence-corrected chi connectivity index (χ1v) is 16.3. The van der Waals surface area contributed by atoms with Crippen molar-refractivity contribution < 1.29 is 94.2 Å². The minimum Gasteiger partial charge on any atom is -0.507 e. The van der Waals surface area contributed by atoms with Gasteiger partial charge in [-0.15, -0.1) is 0 Å². The van der Waals surface area contributed by atoms with Crippen LogP contribution in [0, 0.1) is 6.92 Å². The lowest BCUT2D eigenvalue weighted by molar-refractivity contribution is -0.364. The van der Waals surface area contributed by atoms with E-state index in [0.29, 0.717) is 5.56 Å². The summed E-state index contributed by atoms with van der Waals surface area (Å²) in [6, 6.07) is 6.84. The van der Waals surface area contributed by atoms with Crippen molar-refractivity contribution in [3.8, 4) is 11.5 Å². The molecule has 0 saturated carbocycles. The Bertz CT molecular complexity index is 1630. The molecule has 6 rings (SSSR count). The van der Waals surface area contributed by atoms with Gasteiger partial charge < -0.3 is 84.6 Å². The molecule has 19 heteroatoms. The van der Waals surface area contributed by atoms with Crippen LogP contribution < -0.4 is 4.74 Å². The highest BCUT2D eigenvalue weighted by Crippen LogP contribution is 2.39. The van der Waals surface area contributed by atoms with Gasteiger partial charge in [-0.3, -0.25) is 9.59 Å². The number of aromatic hydroxyl groups is 1. The maximum absolute atomic E-state index is 13.6. The largest absolute Gasteiger partial charge is 0.507 e. The minimum atomic E-state index is -1.93. The van der Waals surface area contributed by atoms with Crippen LogP contribution in [0.1, 0.15) is 37.4 Å². The molecule has 2 aromatic rings. The molecule has 4 aliphatic rings. The van der Waals surface area contributed by atoms with Crippen LogP contribution in [0.5, 0.6) is 11.5 Å². The fraction of sp³-hybridized carbons (Fsp3) is 0.576. The number of aliphatic hydroxyl groups is 10. The third kappa shape index (κ3) is 6.83. The number of phenolic OH excluding ortho intramolecular Hbond substituents is 1. The molecule has 15 unspecified atom stereocenters. The van der Waals surface area contributed by atoms with E-state index in [2.05, 4.69) is 0 Å². The monoisotopic (exact) mass is 740 g/mol. The minimum absolute atomic E-state index is 0.0132. The summed E-state index contributed by atoms with van der Waals surface area (Å²) in [5.74, 6) is -2.02. The molecule has 3 aliphatic heterocycles. The lowest BCUT2D eigenvalue weighted by Crippen LogP contribution is -2.65. The fourth-order valence-corrected chi connectivity index (χ4v) is 6.66. The van der Waals surface area contributed by atoms with E-state index >= 15 is 0 Å². The Labute approximate surface area is 294 Å². The summed E-state index contributed by atoms with van der Waals surface area (Å²) >= 11 is 0. The zero-order chi connectivity index (χ0) is 37.8. The van der Waals surface area contributed by atoms with Crippen LogP contribution in [0.15, 0.2) is 30.3 Å². The van der Waals surface area contributed by atoms with Gasteiger partial charge in [0, 0.05) is 11.1 Å². The van der Waals surface area contributed by atoms with E-state index in [-0.39, 0.29) is 28.0 Å². The van der Waals surface area contributed by atoms with Gasteiger partial charge in [-0.25, -0.2) is 0 Å². The standard InChI is InChI=1S/C33H40O19/c1-10-5-12-18(13(36)6-10)24(41)19-11(20(12)37)3-2-4-14(19)48-32-27(44)26(43)22(39)17(51-32)9-47-31-29(46)30(23(40)16(8-35)49-31)52-33-28(45)25(42)21(38)15(7-34)50-33/h2-6,15-17,21-23,25-36,38-40,42-46H,7-9H2,1H3. The average molecular weight is 741 g/mol. The molecule has 0 aromatic heterocycles. The SMILES string of the molecule is Cc1cc(O)c2c(c1)C(=O)c1cccc(OC3OC(COC4OC(CO)C(O)C(OC5OC(CO)C(O)C(O)C5O)C4O)C(O)C(O)C3O)c1C2=O. The predicted molar refractivity (Wildman–Crippen MR) is 166 cm³/mol. The van der Waals surface area contributed by atoms with Crippen LogP contribution in [0.4, 0.5) is 0 Å². The summed E-state index contributed by atoms with van der Waals surface area (Å²) in [7, 11) is 0. The molecule has 0 spiro atoms. The molecule has 1 aliphatic carbocycles. The Balaban J connectivity index is 1.17. The molecular formula is C33H40O19. The second-order valence-electron chi connectivity index (χ2n) is 13.0. The molecule has 19 nitrogen and oxygen atoms in total. The quantitative estimate of drug-likeness (QED) is 0.0982. The first-order chi connectivity index (χ1) is 24.7. The van der Waals surface area contributed by atoms with Crippen molar-refractivity contribution in [1.29, 1.82) is 0 Å². The van der Waals surface area contributed by atoms with E-state index in [1.54, 1.807) is 6.92 Å². The summed E-state index contributed by atoms with van der Waals surface area (Å²) in [6.07, 6.45) is -26.3. The molecular weight excluding hydrogens is 700 g/mol. The van der Waals surface area contributed by atoms with Crippen LogP contribution in [0.3, 0.4) is 0 Å². The normalized spacial score (nSPS) is 39.2. The van der Waals surface area contributed by atoms with Gasteiger partial charge in [0.1, 0.15) is 84.7 Å². The average Bonchev–Trinajstić information content (AvgIpc) is 3.12. The number of aliphatic hydroxyl groups excluding tert-OH is 10. The van der Waals surface area contributed by atoms with Crippen LogP contribution in [0.25, 0.3) is 0 Å². The third-order valence-corrected chi connectivity index (χ3v) is 9.53. The molecule has 3 saturated heterocycles. The summed E-state index contributed by atoms with van der Waals surface area (Å²) in [6.45, 7) is -0.697. The number of hydrogen-bond donors (Lipinski definition) is 11. The van der Waals surface area contributed by atoms with E-state index < -0.39 is 129 Å². The molecule has 3 heterocycles. The van der Waals surface area contributed by atoms with Crippen molar-refractivity contribution in [2.24, 2.45) is 0 Å². The summed E-state index contributed by atoms with van der Waals surface area (Å²) in [5.41, 5.74) is -0.0341. The van der Waals surface area contributed by atoms with E-state index in [0.717, 1.165) is 0 Å². The number of fused-ring (bicyclic) bond motifs is 2. The van der Waals surface area contributed by atoms with Gasteiger partial charge in [0.05, 0.1) is 30.9 Å². The van der Waals surface area contributed by atoms with Gasteiger partial charge >= 0.3 is 0 Å². The van der Waals surface area contributed by atoms with Crippen molar-refractivity contribution in [2.75, 3.05) is 19.8 Å². The number of rotatable bonds is 9. The zero-order valence-corrected chi connectivity index (χ0v) is 27.4. The topological polar surface area (TPSA) is 312 Å². The van der Waals surface area contributed by atoms with Gasteiger partial charge in [0.2, 0.25) is 12.1 Å². The molecule has 286 valence electrons. The zero-order valence-electron chi connectivity index (χ0n) is 27.4. The van der Waals surface area contributed by atoms with Crippen LogP contribution in [-0.4, -0.2) is 180 Å². The van der Waals surface area contributed by atoms with Crippen LogP contribution >= 0.6 is 0 Å². The van der Waals surface area contributed by atoms with Crippen LogP contribution in [0.2, 0.25) is 0 Å². The highest BCUT2D eigenvalue weighted by molar-refractivity contribution is 6.30. The maximum atomic E-state index is 13.6. The Morgan fingerprint density at radius 3 is 1.90 bits per heavy atom. The Hall–Kier alpha value is -3.22. The molecule has 0 radical (unpaired) electrons. The number of aryl methyl sites for hydroxylation is 1. The Morgan fingerprint density at radius 1 is 0.635 bits per heavy atom. The molecule has 0 bridgehead atoms. The van der Waals surface area contributed by atoms with Gasteiger partial charge in [-0.1, -0.05) is 12.1 Å². The second-order valence-corrected chi connectivity index (χ2v) is 13.0. The van der Waals surface area contributed by atoms with E-state index in [4.69, 9.17) is 28.4 Å². The molecule has 52 heavy (non-hydrogen) atoms. The van der Waals surface area contributed by atoms with E-state index in [1.807, 2.05) is 0 Å². The number of hydrogen-bond acceptors (Lipinski definition) is 19. The van der Waals surface area contributed by atoms with Crippen molar-refractivity contribution in [3.05, 3.63) is 58.1 Å². The molecule has 0 amide bonds. The lowest BCUT2D eigenvalue weighted by atomic mass is 9.82. The predicted octanol–water partition coefficient (Wildman–Crippen LogP) is -4.70. The van der Waals surface area contributed by atoms with Crippen molar-refractivity contribution >= 4 is 11.6 Å². The smallest absolute Gasteiger partial charge is 0.229 e. The van der Waals surface area contributed by atoms with Crippen molar-refractivity contribution in [2.45, 2.75) is 99.0 Å². The molecule has 3 fully saturated rings. The van der Waals surface area contributed by atoms with Crippen LogP contribution in [-0.2, 0) is 23.7 Å². The second kappa shape index (κ2) is 15.3. The Morgan fingerprint density at radius 2 is 1.23 bits per heavy atom. The maximum Gasteiger partial charge on any atom is 0.229 e. The molecule has 11 N–H and O–H groups in total. The number of carbonyl (C=O) groups is 2. The number of phenols is 1. The molecule has 2 aromatic carbocycles. The van der Waals surface area contributed by atoms with Gasteiger partial charge in [0.15, 0.2) is 18.4 Å². The highest BCUT2D eigenvalue weighted by Gasteiger charge is 2.52. The number of benzene rings is 2. The van der Waals surface area contributed by atoms with Gasteiger partial charge in [-0.2, -0.15) is 0 Å². The summed E-state index contributed by atoms with van der Waals surface area (Å²) < 4.78 is 33.4. The van der Waals surface area contributed by atoms with Gasteiger partial charge in [-0.05, 0) is 30.7 Å².